The summed E-state index contributed by atoms with van der Waals surface area (Å²) in [5.74, 6) is -0.377. The summed E-state index contributed by atoms with van der Waals surface area (Å²) in [6.45, 7) is 3.12. The fourth-order valence-electron chi connectivity index (χ4n) is 3.66. The van der Waals surface area contributed by atoms with Gasteiger partial charge in [0.05, 0.1) is 31.9 Å². The number of methoxy groups -OCH3 is 2. The van der Waals surface area contributed by atoms with E-state index in [-0.39, 0.29) is 24.5 Å². The molecule has 1 saturated heterocycles. The van der Waals surface area contributed by atoms with Gasteiger partial charge in [-0.25, -0.2) is 0 Å². The van der Waals surface area contributed by atoms with E-state index >= 15 is 0 Å². The Labute approximate surface area is 188 Å². The number of hydrogen-bond donors (Lipinski definition) is 1. The Hall–Kier alpha value is -3.32. The van der Waals surface area contributed by atoms with E-state index in [2.05, 4.69) is 6.92 Å². The van der Waals surface area contributed by atoms with E-state index in [1.165, 1.54) is 12.0 Å². The van der Waals surface area contributed by atoms with E-state index in [1.807, 2.05) is 0 Å². The first-order valence-corrected chi connectivity index (χ1v) is 10.7. The average Bonchev–Trinajstić information content (AvgIpc) is 3.07. The minimum atomic E-state index is -0.735. The molecule has 0 saturated carbocycles. The Morgan fingerprint density at radius 1 is 1.03 bits per heavy atom. The summed E-state index contributed by atoms with van der Waals surface area (Å²) in [6.07, 6.45) is 1.92. The molecule has 0 aromatic heterocycles. The monoisotopic (exact) mass is 439 g/mol. The molecule has 0 radical (unpaired) electrons. The molecule has 0 spiro atoms. The van der Waals surface area contributed by atoms with Crippen LogP contribution in [0, 0.1) is 0 Å². The molecule has 7 nitrogen and oxygen atoms in total. The fourth-order valence-corrected chi connectivity index (χ4v) is 3.66. The van der Waals surface area contributed by atoms with Crippen LogP contribution in [-0.4, -0.2) is 55.7 Å². The third kappa shape index (κ3) is 4.94. The van der Waals surface area contributed by atoms with Gasteiger partial charge < -0.3 is 24.2 Å². The Morgan fingerprint density at radius 2 is 1.78 bits per heavy atom. The van der Waals surface area contributed by atoms with Crippen LogP contribution < -0.4 is 9.47 Å². The van der Waals surface area contributed by atoms with E-state index in [9.17, 15) is 14.7 Å². The quantitative estimate of drug-likeness (QED) is 0.261. The average molecular weight is 440 g/mol. The molecule has 2 aromatic rings. The van der Waals surface area contributed by atoms with Gasteiger partial charge in [-0.2, -0.15) is 0 Å². The number of Topliss-reactive ketones (excluding diaryl/α,β-unsaturated/α-hetero) is 1. The number of benzene rings is 2. The van der Waals surface area contributed by atoms with Crippen LogP contribution in [0.2, 0.25) is 0 Å². The summed E-state index contributed by atoms with van der Waals surface area (Å²) < 4.78 is 16.1. The molecule has 0 aliphatic carbocycles. The normalized spacial score (nSPS) is 17.6. The number of nitrogens with zero attached hydrogens (tertiary/aromatic N) is 1. The van der Waals surface area contributed by atoms with Crippen molar-refractivity contribution < 1.29 is 28.9 Å². The number of likely N-dealkylation sites (tertiary alicyclic amines) is 1. The third-order valence-corrected chi connectivity index (χ3v) is 5.38. The van der Waals surface area contributed by atoms with Crippen molar-refractivity contribution in [2.45, 2.75) is 25.8 Å². The molecular formula is C25H29NO6. The first-order valence-electron chi connectivity index (χ1n) is 10.7. The molecule has 1 unspecified atom stereocenters. The fraction of sp³-hybridized carbons (Fsp3) is 0.360. The van der Waals surface area contributed by atoms with E-state index in [1.54, 1.807) is 55.6 Å². The summed E-state index contributed by atoms with van der Waals surface area (Å²) in [6, 6.07) is 13.3. The Kier molecular flexibility index (Phi) is 7.89. The topological polar surface area (TPSA) is 85.3 Å². The molecular weight excluding hydrogens is 410 g/mol. The lowest BCUT2D eigenvalue weighted by atomic mass is 9.95. The van der Waals surface area contributed by atoms with Gasteiger partial charge in [0.2, 0.25) is 0 Å². The Balaban J connectivity index is 2.05. The summed E-state index contributed by atoms with van der Waals surface area (Å²) in [4.78, 5) is 27.3. The van der Waals surface area contributed by atoms with Gasteiger partial charge in [0.25, 0.3) is 11.7 Å². The van der Waals surface area contributed by atoms with E-state index < -0.39 is 17.7 Å². The predicted molar refractivity (Wildman–Crippen MR) is 121 cm³/mol. The predicted octanol–water partition coefficient (Wildman–Crippen LogP) is 3.94. The van der Waals surface area contributed by atoms with Crippen LogP contribution >= 0.6 is 0 Å². The summed E-state index contributed by atoms with van der Waals surface area (Å²) in [7, 11) is 3.10. The van der Waals surface area contributed by atoms with Crippen LogP contribution in [0.4, 0.5) is 0 Å². The van der Waals surface area contributed by atoms with Gasteiger partial charge in [0.15, 0.2) is 0 Å². The number of ketones is 1. The minimum absolute atomic E-state index is 0.0435. The van der Waals surface area contributed by atoms with Crippen LogP contribution in [0.1, 0.15) is 36.9 Å². The molecule has 1 atom stereocenters. The molecule has 1 amide bonds. The summed E-state index contributed by atoms with van der Waals surface area (Å²) in [5.41, 5.74) is 1.15. The maximum Gasteiger partial charge on any atom is 0.295 e. The Bertz CT molecular complexity index is 982. The molecule has 0 bridgehead atoms. The van der Waals surface area contributed by atoms with Gasteiger partial charge in [0, 0.05) is 19.2 Å². The molecule has 170 valence electrons. The van der Waals surface area contributed by atoms with Gasteiger partial charge in [-0.15, -0.1) is 0 Å². The van der Waals surface area contributed by atoms with E-state index in [0.717, 1.165) is 12.8 Å². The second-order valence-electron chi connectivity index (χ2n) is 7.49. The molecule has 1 heterocycles. The second-order valence-corrected chi connectivity index (χ2v) is 7.49. The lowest BCUT2D eigenvalue weighted by Gasteiger charge is -2.25. The zero-order valence-electron chi connectivity index (χ0n) is 18.7. The largest absolute Gasteiger partial charge is 0.507 e. The molecule has 7 heteroatoms. The van der Waals surface area contributed by atoms with Crippen molar-refractivity contribution in [3.8, 4) is 11.5 Å². The van der Waals surface area contributed by atoms with Crippen LogP contribution in [-0.2, 0) is 14.3 Å². The zero-order chi connectivity index (χ0) is 23.1. The number of rotatable bonds is 10. The molecule has 32 heavy (non-hydrogen) atoms. The maximum atomic E-state index is 13.0. The number of aliphatic hydroxyl groups is 1. The smallest absolute Gasteiger partial charge is 0.295 e. The van der Waals surface area contributed by atoms with E-state index in [0.29, 0.717) is 29.2 Å². The first kappa shape index (κ1) is 23.3. The Morgan fingerprint density at radius 3 is 2.44 bits per heavy atom. The molecule has 2 aromatic carbocycles. The van der Waals surface area contributed by atoms with Gasteiger partial charge in [-0.3, -0.25) is 9.59 Å². The van der Waals surface area contributed by atoms with Crippen molar-refractivity contribution in [1.82, 2.24) is 4.90 Å². The number of ether oxygens (including phenoxy) is 3. The molecule has 1 aliphatic rings. The van der Waals surface area contributed by atoms with E-state index in [4.69, 9.17) is 14.2 Å². The van der Waals surface area contributed by atoms with Gasteiger partial charge in [0.1, 0.15) is 17.3 Å². The van der Waals surface area contributed by atoms with Gasteiger partial charge >= 0.3 is 0 Å². The van der Waals surface area contributed by atoms with Crippen LogP contribution in [0.3, 0.4) is 0 Å². The highest BCUT2D eigenvalue weighted by Gasteiger charge is 2.45. The second kappa shape index (κ2) is 10.8. The molecule has 3 rings (SSSR count). The highest BCUT2D eigenvalue weighted by atomic mass is 16.5. The first-order chi connectivity index (χ1) is 15.5. The standard InChI is InChI=1S/C25H29NO6/c1-4-5-14-32-20-8-6-7-18(16-20)23(27)21-22(17-9-11-19(31-3)12-10-17)26(13-15-30-2)25(29)24(21)28/h6-12,16,22,27H,4-5,13-15H2,1-3H3/b23-21+. The van der Waals surface area contributed by atoms with Crippen molar-refractivity contribution >= 4 is 17.4 Å². The lowest BCUT2D eigenvalue weighted by Crippen LogP contribution is -2.32. The van der Waals surface area contributed by atoms with Crippen molar-refractivity contribution in [3.05, 3.63) is 65.2 Å². The van der Waals surface area contributed by atoms with Crippen LogP contribution in [0.15, 0.2) is 54.1 Å². The van der Waals surface area contributed by atoms with Crippen molar-refractivity contribution in [2.75, 3.05) is 34.0 Å². The highest BCUT2D eigenvalue weighted by molar-refractivity contribution is 6.46. The van der Waals surface area contributed by atoms with Crippen molar-refractivity contribution in [2.24, 2.45) is 0 Å². The molecule has 1 N–H and O–H groups in total. The zero-order valence-corrected chi connectivity index (χ0v) is 18.7. The number of unbranched alkanes of at least 4 members (excludes halogenated alkanes) is 1. The van der Waals surface area contributed by atoms with Crippen LogP contribution in [0.25, 0.3) is 5.76 Å². The van der Waals surface area contributed by atoms with Gasteiger partial charge in [-0.1, -0.05) is 37.6 Å². The van der Waals surface area contributed by atoms with Gasteiger partial charge in [-0.05, 0) is 36.2 Å². The molecule has 1 aliphatic heterocycles. The summed E-state index contributed by atoms with van der Waals surface area (Å²) >= 11 is 0. The highest BCUT2D eigenvalue weighted by Crippen LogP contribution is 2.40. The lowest BCUT2D eigenvalue weighted by molar-refractivity contribution is -0.140. The summed E-state index contributed by atoms with van der Waals surface area (Å²) in [5, 5.41) is 11.1. The maximum absolute atomic E-state index is 13.0. The SMILES string of the molecule is CCCCOc1cccc(/C(O)=C2\C(=O)C(=O)N(CCOC)C2c2ccc(OC)cc2)c1. The number of carbonyl (C=O) groups is 2. The number of carbonyl (C=O) groups excluding carboxylic acids is 2. The third-order valence-electron chi connectivity index (χ3n) is 5.38. The van der Waals surface area contributed by atoms with Crippen molar-refractivity contribution in [3.63, 3.8) is 0 Å². The number of hydrogen-bond acceptors (Lipinski definition) is 6. The van der Waals surface area contributed by atoms with Crippen molar-refractivity contribution in [1.29, 1.82) is 0 Å². The molecule has 1 fully saturated rings. The number of amides is 1. The minimum Gasteiger partial charge on any atom is -0.507 e. The van der Waals surface area contributed by atoms with Crippen LogP contribution in [0.5, 0.6) is 11.5 Å². The number of aliphatic hydroxyl groups excluding tert-OH is 1.